The van der Waals surface area contributed by atoms with Gasteiger partial charge in [0.2, 0.25) is 0 Å². The van der Waals surface area contributed by atoms with E-state index in [0.717, 1.165) is 4.90 Å². The van der Waals surface area contributed by atoms with Crippen molar-refractivity contribution in [2.24, 2.45) is 0 Å². The third kappa shape index (κ3) is 4.29. The van der Waals surface area contributed by atoms with E-state index in [9.17, 15) is 14.4 Å². The number of nitrogens with one attached hydrogen (secondary N) is 1. The number of hydrogen-bond donors (Lipinski definition) is 1. The maximum atomic E-state index is 12.9. The van der Waals surface area contributed by atoms with Crippen molar-refractivity contribution < 1.29 is 23.9 Å². The molecule has 0 saturated carbocycles. The molecule has 1 aliphatic heterocycles. The molecule has 0 bridgehead atoms. The molecule has 29 heavy (non-hydrogen) atoms. The van der Waals surface area contributed by atoms with Gasteiger partial charge in [0.25, 0.3) is 11.8 Å². The number of hydrogen-bond acceptors (Lipinski definition) is 6. The highest BCUT2D eigenvalue weighted by atomic mass is 79.9. The predicted octanol–water partition coefficient (Wildman–Crippen LogP) is 3.31. The lowest BCUT2D eigenvalue weighted by Crippen LogP contribution is -2.54. The van der Waals surface area contributed by atoms with Crippen LogP contribution < -0.4 is 19.7 Å². The number of anilines is 1. The fourth-order valence-electron chi connectivity index (χ4n) is 2.76. The molecule has 3 rings (SSSR count). The minimum atomic E-state index is -0.826. The van der Waals surface area contributed by atoms with Crippen molar-refractivity contribution in [3.63, 3.8) is 0 Å². The molecule has 2 aromatic rings. The summed E-state index contributed by atoms with van der Waals surface area (Å²) in [4.78, 5) is 42.2. The van der Waals surface area contributed by atoms with Gasteiger partial charge in [0.15, 0.2) is 11.5 Å². The van der Waals surface area contributed by atoms with Gasteiger partial charge in [-0.15, -0.1) is 0 Å². The molecule has 4 amide bonds. The van der Waals surface area contributed by atoms with Gasteiger partial charge in [-0.2, -0.15) is 0 Å². The summed E-state index contributed by atoms with van der Waals surface area (Å²) < 4.78 is 11.8. The summed E-state index contributed by atoms with van der Waals surface area (Å²) >= 11 is 3.43. The molecule has 150 valence electrons. The third-order valence-electron chi connectivity index (χ3n) is 3.94. The molecule has 0 radical (unpaired) electrons. The zero-order valence-corrected chi connectivity index (χ0v) is 17.4. The number of barbiturate groups is 1. The Morgan fingerprint density at radius 2 is 1.93 bits per heavy atom. The van der Waals surface area contributed by atoms with Crippen molar-refractivity contribution in [2.75, 3.05) is 18.1 Å². The van der Waals surface area contributed by atoms with Gasteiger partial charge < -0.3 is 9.47 Å². The molecule has 1 N–H and O–H groups in total. The number of urea groups is 1. The summed E-state index contributed by atoms with van der Waals surface area (Å²) in [5, 5.41) is 2.18. The van der Waals surface area contributed by atoms with Crippen molar-refractivity contribution in [1.82, 2.24) is 10.3 Å². The topological polar surface area (TPSA) is 97.8 Å². The van der Waals surface area contributed by atoms with E-state index in [1.54, 1.807) is 24.3 Å². The first-order valence-corrected chi connectivity index (χ1v) is 9.66. The SMILES string of the molecule is CCOc1cc(/C=C2\C(=O)NC(=O)N(c3cccnc3)C2=O)cc(Br)c1OCC. The summed E-state index contributed by atoms with van der Waals surface area (Å²) in [5.74, 6) is -0.514. The van der Waals surface area contributed by atoms with Crippen LogP contribution in [0, 0.1) is 0 Å². The first kappa shape index (κ1) is 20.5. The van der Waals surface area contributed by atoms with Crippen LogP contribution in [0.3, 0.4) is 0 Å². The van der Waals surface area contributed by atoms with Gasteiger partial charge in [0.1, 0.15) is 5.57 Å². The maximum Gasteiger partial charge on any atom is 0.336 e. The Morgan fingerprint density at radius 3 is 2.59 bits per heavy atom. The highest BCUT2D eigenvalue weighted by Gasteiger charge is 2.37. The second-order valence-electron chi connectivity index (χ2n) is 5.87. The van der Waals surface area contributed by atoms with Gasteiger partial charge in [-0.25, -0.2) is 9.69 Å². The molecule has 0 unspecified atom stereocenters. The van der Waals surface area contributed by atoms with Crippen LogP contribution in [0.2, 0.25) is 0 Å². The Bertz CT molecular complexity index is 991. The fraction of sp³-hybridized carbons (Fsp3) is 0.200. The summed E-state index contributed by atoms with van der Waals surface area (Å²) in [6.45, 7) is 4.55. The molecule has 1 aromatic heterocycles. The molecule has 1 aliphatic rings. The summed E-state index contributed by atoms with van der Waals surface area (Å²) in [6.07, 6.45) is 4.28. The minimum Gasteiger partial charge on any atom is -0.490 e. The van der Waals surface area contributed by atoms with E-state index in [0.29, 0.717) is 34.7 Å². The van der Waals surface area contributed by atoms with Crippen LogP contribution in [0.25, 0.3) is 6.08 Å². The van der Waals surface area contributed by atoms with E-state index in [1.165, 1.54) is 18.5 Å². The number of nitrogens with zero attached hydrogens (tertiary/aromatic N) is 2. The molecule has 1 fully saturated rings. The Labute approximate surface area is 175 Å². The number of halogens is 1. The molecule has 2 heterocycles. The van der Waals surface area contributed by atoms with Crippen LogP contribution in [0.4, 0.5) is 10.5 Å². The molecule has 1 aromatic carbocycles. The molecule has 0 aliphatic carbocycles. The lowest BCUT2D eigenvalue weighted by Gasteiger charge is -2.26. The number of rotatable bonds is 6. The summed E-state index contributed by atoms with van der Waals surface area (Å²) in [6, 6.07) is 5.68. The Morgan fingerprint density at radius 1 is 1.17 bits per heavy atom. The second-order valence-corrected chi connectivity index (χ2v) is 6.72. The fourth-order valence-corrected chi connectivity index (χ4v) is 3.34. The highest BCUT2D eigenvalue weighted by molar-refractivity contribution is 9.10. The third-order valence-corrected chi connectivity index (χ3v) is 4.53. The Kier molecular flexibility index (Phi) is 6.28. The number of pyridine rings is 1. The molecule has 1 saturated heterocycles. The first-order chi connectivity index (χ1) is 14.0. The number of ether oxygens (including phenoxy) is 2. The molecule has 8 nitrogen and oxygen atoms in total. The van der Waals surface area contributed by atoms with E-state index in [-0.39, 0.29) is 11.3 Å². The van der Waals surface area contributed by atoms with Gasteiger partial charge in [0.05, 0.1) is 29.6 Å². The molecule has 0 spiro atoms. The number of carbonyl (C=O) groups excluding carboxylic acids is 3. The van der Waals surface area contributed by atoms with Crippen molar-refractivity contribution in [3.05, 3.63) is 52.3 Å². The normalized spacial score (nSPS) is 15.5. The molecule has 0 atom stereocenters. The molecule has 9 heteroatoms. The second kappa shape index (κ2) is 8.87. The van der Waals surface area contributed by atoms with Crippen LogP contribution >= 0.6 is 15.9 Å². The number of imide groups is 2. The maximum absolute atomic E-state index is 12.9. The van der Waals surface area contributed by atoms with E-state index in [2.05, 4.69) is 26.2 Å². The van der Waals surface area contributed by atoms with Crippen molar-refractivity contribution in [1.29, 1.82) is 0 Å². The average molecular weight is 460 g/mol. The number of benzene rings is 1. The van der Waals surface area contributed by atoms with E-state index in [4.69, 9.17) is 9.47 Å². The van der Waals surface area contributed by atoms with Gasteiger partial charge in [-0.05, 0) is 65.7 Å². The van der Waals surface area contributed by atoms with Crippen LogP contribution in [-0.2, 0) is 9.59 Å². The predicted molar refractivity (Wildman–Crippen MR) is 110 cm³/mol. The van der Waals surface area contributed by atoms with Gasteiger partial charge >= 0.3 is 6.03 Å². The van der Waals surface area contributed by atoms with Gasteiger partial charge in [0, 0.05) is 6.20 Å². The zero-order chi connectivity index (χ0) is 21.0. The van der Waals surface area contributed by atoms with Crippen LogP contribution in [-0.4, -0.2) is 36.0 Å². The summed E-state index contributed by atoms with van der Waals surface area (Å²) in [5.41, 5.74) is 0.603. The average Bonchev–Trinajstić information content (AvgIpc) is 2.69. The largest absolute Gasteiger partial charge is 0.490 e. The van der Waals surface area contributed by atoms with E-state index >= 15 is 0 Å². The monoisotopic (exact) mass is 459 g/mol. The molecular formula is C20H18BrN3O5. The number of amides is 4. The minimum absolute atomic E-state index is 0.188. The van der Waals surface area contributed by atoms with Crippen molar-refractivity contribution in [2.45, 2.75) is 13.8 Å². The standard InChI is InChI=1S/C20H18BrN3O5/c1-3-28-16-10-12(9-15(21)17(16)29-4-2)8-14-18(25)23-20(27)24(19(14)26)13-6-5-7-22-11-13/h5-11H,3-4H2,1-2H3,(H,23,25,27)/b14-8+. The van der Waals surface area contributed by atoms with Crippen LogP contribution in [0.1, 0.15) is 19.4 Å². The Hall–Kier alpha value is -3.20. The smallest absolute Gasteiger partial charge is 0.336 e. The molecular weight excluding hydrogens is 442 g/mol. The number of carbonyl (C=O) groups is 3. The van der Waals surface area contributed by atoms with E-state index in [1.807, 2.05) is 13.8 Å². The van der Waals surface area contributed by atoms with Gasteiger partial charge in [-0.1, -0.05) is 0 Å². The highest BCUT2D eigenvalue weighted by Crippen LogP contribution is 2.37. The van der Waals surface area contributed by atoms with Crippen molar-refractivity contribution in [3.8, 4) is 11.5 Å². The quantitative estimate of drug-likeness (QED) is 0.525. The summed E-state index contributed by atoms with van der Waals surface area (Å²) in [7, 11) is 0. The lowest BCUT2D eigenvalue weighted by molar-refractivity contribution is -0.122. The zero-order valence-electron chi connectivity index (χ0n) is 15.8. The van der Waals surface area contributed by atoms with Gasteiger partial charge in [-0.3, -0.25) is 19.9 Å². The van der Waals surface area contributed by atoms with Crippen LogP contribution in [0.5, 0.6) is 11.5 Å². The first-order valence-electron chi connectivity index (χ1n) is 8.86. The number of aromatic nitrogens is 1. The lowest BCUT2D eigenvalue weighted by atomic mass is 10.1. The van der Waals surface area contributed by atoms with Crippen molar-refractivity contribution >= 4 is 45.5 Å². The van der Waals surface area contributed by atoms with Crippen LogP contribution in [0.15, 0.2) is 46.7 Å². The van der Waals surface area contributed by atoms with E-state index < -0.39 is 17.8 Å². The Balaban J connectivity index is 2.03.